The lowest BCUT2D eigenvalue weighted by atomic mass is 10.1. The predicted octanol–water partition coefficient (Wildman–Crippen LogP) is 2.22. The Morgan fingerprint density at radius 1 is 1.55 bits per heavy atom. The highest BCUT2D eigenvalue weighted by atomic mass is 35.5. The summed E-state index contributed by atoms with van der Waals surface area (Å²) in [6, 6.07) is 6.93. The van der Waals surface area contributed by atoms with Crippen LogP contribution in [-0.4, -0.2) is 37.6 Å². The Kier molecular flexibility index (Phi) is 7.99. The van der Waals surface area contributed by atoms with Crippen molar-refractivity contribution in [1.29, 1.82) is 0 Å². The number of thioether (sulfide) groups is 1. The van der Waals surface area contributed by atoms with E-state index in [-0.39, 0.29) is 12.0 Å². The molecule has 1 unspecified atom stereocenters. The molecule has 0 aromatic heterocycles. The van der Waals surface area contributed by atoms with Crippen molar-refractivity contribution < 1.29 is 9.53 Å². The average molecular weight is 317 g/mol. The number of methoxy groups -OCH3 is 1. The van der Waals surface area contributed by atoms with Crippen molar-refractivity contribution in [3.05, 3.63) is 34.9 Å². The Labute approximate surface area is 129 Å². The molecule has 1 aromatic carbocycles. The van der Waals surface area contributed by atoms with Crippen LogP contribution in [0, 0.1) is 0 Å². The predicted molar refractivity (Wildman–Crippen MR) is 85.2 cm³/mol. The third-order valence-electron chi connectivity index (χ3n) is 2.94. The van der Waals surface area contributed by atoms with Gasteiger partial charge in [-0.05, 0) is 36.1 Å². The van der Waals surface area contributed by atoms with E-state index in [9.17, 15) is 4.79 Å². The van der Waals surface area contributed by atoms with Crippen molar-refractivity contribution in [3.8, 4) is 0 Å². The van der Waals surface area contributed by atoms with Crippen LogP contribution in [0.25, 0.3) is 0 Å². The zero-order valence-corrected chi connectivity index (χ0v) is 13.3. The van der Waals surface area contributed by atoms with E-state index in [1.54, 1.807) is 24.9 Å². The first-order valence-electron chi connectivity index (χ1n) is 6.39. The lowest BCUT2D eigenvalue weighted by Crippen LogP contribution is -2.42. The van der Waals surface area contributed by atoms with E-state index in [1.807, 2.05) is 24.5 Å². The van der Waals surface area contributed by atoms with E-state index in [0.717, 1.165) is 11.3 Å². The van der Waals surface area contributed by atoms with Crippen molar-refractivity contribution in [2.75, 3.05) is 25.7 Å². The van der Waals surface area contributed by atoms with Gasteiger partial charge in [0.2, 0.25) is 5.91 Å². The Balaban J connectivity index is 2.51. The summed E-state index contributed by atoms with van der Waals surface area (Å²) >= 11 is 7.63. The topological polar surface area (TPSA) is 64.3 Å². The number of carbonyl (C=O) groups excluding carboxylic acids is 1. The van der Waals surface area contributed by atoms with Gasteiger partial charge in [0.05, 0.1) is 12.1 Å². The molecular weight excluding hydrogens is 296 g/mol. The van der Waals surface area contributed by atoms with Crippen LogP contribution >= 0.6 is 23.4 Å². The molecule has 0 saturated heterocycles. The number of nitrogens with two attached hydrogens (primary N) is 1. The maximum atomic E-state index is 11.8. The molecule has 2 atom stereocenters. The molecule has 0 aliphatic rings. The van der Waals surface area contributed by atoms with Crippen LogP contribution in [0.1, 0.15) is 18.1 Å². The summed E-state index contributed by atoms with van der Waals surface area (Å²) in [5.41, 5.74) is 6.74. The highest BCUT2D eigenvalue weighted by Crippen LogP contribution is 2.19. The fourth-order valence-corrected chi connectivity index (χ4v) is 2.43. The molecule has 0 aliphatic heterocycles. The van der Waals surface area contributed by atoms with E-state index in [2.05, 4.69) is 5.32 Å². The summed E-state index contributed by atoms with van der Waals surface area (Å²) < 4.78 is 5.38. The van der Waals surface area contributed by atoms with E-state index in [0.29, 0.717) is 18.0 Å². The number of hydrogen-bond acceptors (Lipinski definition) is 4. The fourth-order valence-electron chi connectivity index (χ4n) is 1.74. The normalized spacial score (nSPS) is 13.8. The molecule has 0 saturated carbocycles. The zero-order valence-electron chi connectivity index (χ0n) is 11.8. The smallest absolute Gasteiger partial charge is 0.237 e. The SMILES string of the molecule is COC(CNC(=O)[C@@H](N)CCSC)c1cccc(Cl)c1. The van der Waals surface area contributed by atoms with Gasteiger partial charge in [-0.15, -0.1) is 0 Å². The lowest BCUT2D eigenvalue weighted by molar-refractivity contribution is -0.122. The van der Waals surface area contributed by atoms with Gasteiger partial charge in [-0.1, -0.05) is 23.7 Å². The third kappa shape index (κ3) is 5.71. The third-order valence-corrected chi connectivity index (χ3v) is 3.82. The monoisotopic (exact) mass is 316 g/mol. The molecule has 0 heterocycles. The number of benzene rings is 1. The maximum Gasteiger partial charge on any atom is 0.237 e. The molecule has 6 heteroatoms. The average Bonchev–Trinajstić information content (AvgIpc) is 2.45. The fraction of sp³-hybridized carbons (Fsp3) is 0.500. The molecule has 0 fully saturated rings. The first-order chi connectivity index (χ1) is 9.58. The molecule has 1 amide bonds. The van der Waals surface area contributed by atoms with Crippen LogP contribution in [0.5, 0.6) is 0 Å². The first kappa shape index (κ1) is 17.3. The Morgan fingerprint density at radius 2 is 2.30 bits per heavy atom. The second-order valence-electron chi connectivity index (χ2n) is 4.41. The van der Waals surface area contributed by atoms with Gasteiger partial charge in [-0.25, -0.2) is 0 Å². The van der Waals surface area contributed by atoms with Gasteiger partial charge in [0.15, 0.2) is 0 Å². The van der Waals surface area contributed by atoms with Crippen molar-refractivity contribution in [2.24, 2.45) is 5.73 Å². The minimum atomic E-state index is -0.473. The van der Waals surface area contributed by atoms with Gasteiger partial charge in [0.1, 0.15) is 0 Å². The number of ether oxygens (including phenoxy) is 1. The Bertz CT molecular complexity index is 431. The van der Waals surface area contributed by atoms with Crippen molar-refractivity contribution in [1.82, 2.24) is 5.32 Å². The molecule has 1 rings (SSSR count). The van der Waals surface area contributed by atoms with Crippen LogP contribution in [0.3, 0.4) is 0 Å². The second-order valence-corrected chi connectivity index (χ2v) is 5.83. The van der Waals surface area contributed by atoms with Crippen molar-refractivity contribution >= 4 is 29.3 Å². The number of rotatable bonds is 8. The first-order valence-corrected chi connectivity index (χ1v) is 8.16. The highest BCUT2D eigenvalue weighted by Gasteiger charge is 2.16. The molecule has 3 N–H and O–H groups in total. The standard InChI is InChI=1S/C14H21ClN2O2S/c1-19-13(10-4-3-5-11(15)8-10)9-17-14(18)12(16)6-7-20-2/h3-5,8,12-13H,6-7,9,16H2,1-2H3,(H,17,18)/t12-,13?/m0/s1. The van der Waals surface area contributed by atoms with Gasteiger partial charge in [-0.3, -0.25) is 4.79 Å². The van der Waals surface area contributed by atoms with E-state index in [1.165, 1.54) is 0 Å². The largest absolute Gasteiger partial charge is 0.375 e. The molecule has 0 spiro atoms. The number of amides is 1. The molecule has 0 radical (unpaired) electrons. The van der Waals surface area contributed by atoms with Gasteiger partial charge in [0, 0.05) is 18.7 Å². The minimum Gasteiger partial charge on any atom is -0.375 e. The van der Waals surface area contributed by atoms with E-state index >= 15 is 0 Å². The van der Waals surface area contributed by atoms with Crippen LogP contribution in [0.15, 0.2) is 24.3 Å². The number of nitrogens with one attached hydrogen (secondary N) is 1. The molecule has 0 aliphatic carbocycles. The summed E-state index contributed by atoms with van der Waals surface area (Å²) in [6.45, 7) is 0.378. The summed E-state index contributed by atoms with van der Waals surface area (Å²) in [6.07, 6.45) is 2.43. The molecule has 1 aromatic rings. The highest BCUT2D eigenvalue weighted by molar-refractivity contribution is 7.98. The van der Waals surface area contributed by atoms with E-state index < -0.39 is 6.04 Å². The molecule has 4 nitrogen and oxygen atoms in total. The van der Waals surface area contributed by atoms with Crippen molar-refractivity contribution in [2.45, 2.75) is 18.6 Å². The summed E-state index contributed by atoms with van der Waals surface area (Å²) in [5, 5.41) is 3.46. The minimum absolute atomic E-state index is 0.150. The number of halogens is 1. The lowest BCUT2D eigenvalue weighted by Gasteiger charge is -2.18. The second kappa shape index (κ2) is 9.23. The number of hydrogen-bond donors (Lipinski definition) is 2. The summed E-state index contributed by atoms with van der Waals surface area (Å²) in [7, 11) is 1.60. The van der Waals surface area contributed by atoms with Crippen LogP contribution in [-0.2, 0) is 9.53 Å². The Morgan fingerprint density at radius 3 is 2.90 bits per heavy atom. The molecule has 20 heavy (non-hydrogen) atoms. The molecular formula is C14H21ClN2O2S. The molecule has 112 valence electrons. The zero-order chi connectivity index (χ0) is 15.0. The van der Waals surface area contributed by atoms with Gasteiger partial charge >= 0.3 is 0 Å². The van der Waals surface area contributed by atoms with Gasteiger partial charge in [0.25, 0.3) is 0 Å². The maximum absolute atomic E-state index is 11.8. The van der Waals surface area contributed by atoms with Gasteiger partial charge in [-0.2, -0.15) is 11.8 Å². The van der Waals surface area contributed by atoms with E-state index in [4.69, 9.17) is 22.1 Å². The summed E-state index contributed by atoms with van der Waals surface area (Å²) in [4.78, 5) is 11.8. The van der Waals surface area contributed by atoms with Crippen molar-refractivity contribution in [3.63, 3.8) is 0 Å². The Hall–Kier alpha value is -0.750. The summed E-state index contributed by atoms with van der Waals surface area (Å²) in [5.74, 6) is 0.722. The van der Waals surface area contributed by atoms with Crippen LogP contribution < -0.4 is 11.1 Å². The molecule has 0 bridgehead atoms. The number of carbonyl (C=O) groups is 1. The van der Waals surface area contributed by atoms with Crippen LogP contribution in [0.2, 0.25) is 5.02 Å². The van der Waals surface area contributed by atoms with Gasteiger partial charge < -0.3 is 15.8 Å². The quantitative estimate of drug-likeness (QED) is 0.772. The van der Waals surface area contributed by atoms with Crippen LogP contribution in [0.4, 0.5) is 0 Å².